The minimum Gasteiger partial charge on any atom is -0.508 e. The molecule has 3 atom stereocenters. The number of halogens is 2. The van der Waals surface area contributed by atoms with Crippen LogP contribution in [0.1, 0.15) is 54.1 Å². The number of rotatable bonds is 13. The van der Waals surface area contributed by atoms with Crippen LogP contribution in [0.5, 0.6) is 23.0 Å². The minimum absolute atomic E-state index is 0.151. The molecule has 64 heavy (non-hydrogen) atoms. The highest BCUT2D eigenvalue weighted by molar-refractivity contribution is 5.92. The van der Waals surface area contributed by atoms with E-state index < -0.39 is 12.1 Å². The molecule has 322 valence electrons. The van der Waals surface area contributed by atoms with Crippen LogP contribution in [0.25, 0.3) is 33.2 Å². The van der Waals surface area contributed by atoms with Crippen LogP contribution in [0, 0.1) is 11.6 Å². The van der Waals surface area contributed by atoms with Crippen molar-refractivity contribution in [2.75, 3.05) is 7.11 Å². The molecule has 9 rings (SSSR count). The summed E-state index contributed by atoms with van der Waals surface area (Å²) < 4.78 is 48.0. The van der Waals surface area contributed by atoms with E-state index in [4.69, 9.17) is 14.2 Å². The third-order valence-corrected chi connectivity index (χ3v) is 10.5. The van der Waals surface area contributed by atoms with Gasteiger partial charge in [-0.25, -0.2) is 18.1 Å². The third-order valence-electron chi connectivity index (χ3n) is 10.5. The smallest absolute Gasteiger partial charge is 0.270 e. The lowest BCUT2D eigenvalue weighted by molar-refractivity contribution is 0.0877. The molecule has 9 aromatic rings. The van der Waals surface area contributed by atoms with Crippen molar-refractivity contribution in [3.63, 3.8) is 0 Å². The van der Waals surface area contributed by atoms with Crippen molar-refractivity contribution in [3.05, 3.63) is 199 Å². The Kier molecular flexibility index (Phi) is 12.9. The maximum atomic E-state index is 13.4. The number of benzene rings is 6. The van der Waals surface area contributed by atoms with E-state index in [0.717, 1.165) is 56.5 Å². The molecule has 0 saturated carbocycles. The first kappa shape index (κ1) is 42.6. The van der Waals surface area contributed by atoms with Gasteiger partial charge in [0.25, 0.3) is 5.91 Å². The zero-order valence-corrected chi connectivity index (χ0v) is 35.2. The number of aromatic hydroxyl groups is 1. The van der Waals surface area contributed by atoms with E-state index in [-0.39, 0.29) is 29.4 Å². The van der Waals surface area contributed by atoms with Gasteiger partial charge in [-0.3, -0.25) is 9.78 Å². The number of carbonyl (C=O) groups is 1. The number of phenolic OH excluding ortho intramolecular Hbond substituents is 1. The molecule has 2 N–H and O–H groups in total. The number of carbonyl (C=O) groups excluding carboxylic acids is 1. The fourth-order valence-corrected chi connectivity index (χ4v) is 7.30. The highest BCUT2D eigenvalue weighted by atomic mass is 19.1. The van der Waals surface area contributed by atoms with E-state index in [1.165, 1.54) is 24.3 Å². The van der Waals surface area contributed by atoms with Crippen molar-refractivity contribution < 1.29 is 32.9 Å². The molecule has 0 radical (unpaired) electrons. The van der Waals surface area contributed by atoms with Gasteiger partial charge in [-0.2, -0.15) is 10.2 Å². The second-order valence-corrected chi connectivity index (χ2v) is 14.9. The Bertz CT molecular complexity index is 2990. The summed E-state index contributed by atoms with van der Waals surface area (Å²) in [5.74, 6) is 1.39. The number of amides is 1. The zero-order valence-electron chi connectivity index (χ0n) is 35.2. The molecule has 6 aromatic carbocycles. The standard InChI is InChI=1S/C29H25FN4O3.C22H19FN2O2/c1-19(33-29(35)26-8-3-4-15-31-26)28(20-6-5-7-24(16-20)36-2)37-25-13-14-27-21(17-25)18-32-34(27)23-11-9-22(30)10-12-23;1-2-22(15-4-3-5-19(26)12-15)27-20-10-11-21-16(13-20)14-24-25(21)18-8-6-17(23)7-9-18/h3-19,28H,1-2H3,(H,33,35);3-14,22,26H,2H2,1H3/t19-,28-;22-/m00/s1. The largest absolute Gasteiger partial charge is 0.508 e. The van der Waals surface area contributed by atoms with Crippen LogP contribution in [0.15, 0.2) is 170 Å². The Morgan fingerprint density at radius 3 is 1.83 bits per heavy atom. The molecule has 0 aliphatic rings. The normalized spacial score (nSPS) is 12.5. The van der Waals surface area contributed by atoms with Gasteiger partial charge < -0.3 is 24.6 Å². The number of phenols is 1. The van der Waals surface area contributed by atoms with E-state index >= 15 is 0 Å². The van der Waals surface area contributed by atoms with Gasteiger partial charge in [-0.15, -0.1) is 0 Å². The summed E-state index contributed by atoms with van der Waals surface area (Å²) in [6.45, 7) is 3.93. The number of nitrogens with one attached hydrogen (secondary N) is 1. The average molecular weight is 859 g/mol. The lowest BCUT2D eigenvalue weighted by atomic mass is 10.0. The van der Waals surface area contributed by atoms with Gasteiger partial charge >= 0.3 is 0 Å². The first-order chi connectivity index (χ1) is 31.1. The summed E-state index contributed by atoms with van der Waals surface area (Å²) in [7, 11) is 1.61. The Hall–Kier alpha value is -8.06. The predicted octanol–water partition coefficient (Wildman–Crippen LogP) is 10.9. The van der Waals surface area contributed by atoms with E-state index in [1.807, 2.05) is 86.6 Å². The molecule has 1 amide bonds. The molecular weight excluding hydrogens is 815 g/mol. The van der Waals surface area contributed by atoms with Crippen LogP contribution in [0.3, 0.4) is 0 Å². The molecule has 13 heteroatoms. The van der Waals surface area contributed by atoms with E-state index in [0.29, 0.717) is 17.2 Å². The third kappa shape index (κ3) is 9.84. The second-order valence-electron chi connectivity index (χ2n) is 14.9. The predicted molar refractivity (Wildman–Crippen MR) is 241 cm³/mol. The van der Waals surface area contributed by atoms with Crippen molar-refractivity contribution in [3.8, 4) is 34.4 Å². The monoisotopic (exact) mass is 858 g/mol. The Morgan fingerprint density at radius 2 is 1.27 bits per heavy atom. The van der Waals surface area contributed by atoms with Gasteiger partial charge in [0.2, 0.25) is 0 Å². The van der Waals surface area contributed by atoms with E-state index in [2.05, 4.69) is 20.5 Å². The number of hydrogen-bond acceptors (Lipinski definition) is 8. The van der Waals surface area contributed by atoms with Gasteiger partial charge in [0.1, 0.15) is 52.5 Å². The van der Waals surface area contributed by atoms with Gasteiger partial charge in [0, 0.05) is 17.0 Å². The van der Waals surface area contributed by atoms with Crippen LogP contribution in [-0.4, -0.2) is 48.7 Å². The molecular formula is C51H44F2N6O5. The Balaban J connectivity index is 0.000000184. The van der Waals surface area contributed by atoms with Gasteiger partial charge in [0.05, 0.1) is 48.0 Å². The summed E-state index contributed by atoms with van der Waals surface area (Å²) in [6.07, 6.45) is 5.18. The van der Waals surface area contributed by atoms with E-state index in [1.54, 1.807) is 89.7 Å². The first-order valence-corrected chi connectivity index (χ1v) is 20.6. The van der Waals surface area contributed by atoms with Crippen molar-refractivity contribution >= 4 is 27.7 Å². The summed E-state index contributed by atoms with van der Waals surface area (Å²) in [5, 5.41) is 23.4. The second kappa shape index (κ2) is 19.3. The molecule has 0 fully saturated rings. The molecule has 0 unspecified atom stereocenters. The maximum absolute atomic E-state index is 13.4. The maximum Gasteiger partial charge on any atom is 0.270 e. The molecule has 0 saturated heterocycles. The fourth-order valence-electron chi connectivity index (χ4n) is 7.30. The zero-order chi connectivity index (χ0) is 44.6. The van der Waals surface area contributed by atoms with E-state index in [9.17, 15) is 18.7 Å². The molecule has 0 spiro atoms. The number of hydrogen-bond donors (Lipinski definition) is 2. The SMILES string of the molecule is CC[C@H](Oc1ccc2c(cnn2-c2ccc(F)cc2)c1)c1cccc(O)c1.COc1cccc([C@@H](Oc2ccc3c(cnn3-c3ccc(F)cc3)c2)[C@H](C)NC(=O)c2ccccn2)c1. The van der Waals surface area contributed by atoms with Gasteiger partial charge in [-0.1, -0.05) is 37.3 Å². The molecule has 11 nitrogen and oxygen atoms in total. The van der Waals surface area contributed by atoms with Crippen LogP contribution < -0.4 is 19.5 Å². The lowest BCUT2D eigenvalue weighted by Gasteiger charge is -2.27. The molecule has 0 aliphatic carbocycles. The summed E-state index contributed by atoms with van der Waals surface area (Å²) in [4.78, 5) is 16.9. The molecule has 0 aliphatic heterocycles. The van der Waals surface area contributed by atoms with Crippen LogP contribution >= 0.6 is 0 Å². The van der Waals surface area contributed by atoms with Crippen LogP contribution in [0.4, 0.5) is 8.78 Å². The highest BCUT2D eigenvalue weighted by Gasteiger charge is 2.25. The molecule has 0 bridgehead atoms. The lowest BCUT2D eigenvalue weighted by Crippen LogP contribution is -2.39. The quantitative estimate of drug-likeness (QED) is 0.117. The Labute approximate surface area is 368 Å². The summed E-state index contributed by atoms with van der Waals surface area (Å²) >= 11 is 0. The van der Waals surface area contributed by atoms with Crippen LogP contribution in [-0.2, 0) is 0 Å². The number of methoxy groups -OCH3 is 1. The number of aromatic nitrogens is 5. The summed E-state index contributed by atoms with van der Waals surface area (Å²) in [5.41, 5.74) is 5.42. The molecule has 3 aromatic heterocycles. The van der Waals surface area contributed by atoms with Gasteiger partial charge in [-0.05, 0) is 146 Å². The van der Waals surface area contributed by atoms with Gasteiger partial charge in [0.15, 0.2) is 0 Å². The average Bonchev–Trinajstić information content (AvgIpc) is 3.95. The van der Waals surface area contributed by atoms with Crippen molar-refractivity contribution in [2.24, 2.45) is 0 Å². The fraction of sp³-hybridized carbons (Fsp3) is 0.137. The topological polar surface area (TPSA) is 126 Å². The van der Waals surface area contributed by atoms with Crippen molar-refractivity contribution in [1.82, 2.24) is 29.9 Å². The number of fused-ring (bicyclic) bond motifs is 2. The van der Waals surface area contributed by atoms with Crippen LogP contribution in [0.2, 0.25) is 0 Å². The minimum atomic E-state index is -0.521. The number of ether oxygens (including phenoxy) is 3. The number of pyridine rings is 1. The van der Waals surface area contributed by atoms with Crippen molar-refractivity contribution in [1.29, 1.82) is 0 Å². The van der Waals surface area contributed by atoms with Crippen molar-refractivity contribution in [2.45, 2.75) is 38.5 Å². The highest BCUT2D eigenvalue weighted by Crippen LogP contribution is 2.32. The molecule has 3 heterocycles. The number of nitrogens with zero attached hydrogens (tertiary/aromatic N) is 5. The Morgan fingerprint density at radius 1 is 0.672 bits per heavy atom. The summed E-state index contributed by atoms with van der Waals surface area (Å²) in [6, 6.07) is 43.3. The first-order valence-electron chi connectivity index (χ1n) is 20.6.